The molecular formula is C20H18N4O3. The van der Waals surface area contributed by atoms with Gasteiger partial charge in [-0.15, -0.1) is 0 Å². The molecular weight excluding hydrogens is 344 g/mol. The van der Waals surface area contributed by atoms with E-state index in [4.69, 9.17) is 4.42 Å². The van der Waals surface area contributed by atoms with E-state index in [2.05, 4.69) is 10.3 Å². The molecule has 0 fully saturated rings. The monoisotopic (exact) mass is 362 g/mol. The number of pyridine rings is 2. The van der Waals surface area contributed by atoms with Crippen LogP contribution in [0.1, 0.15) is 22.0 Å². The van der Waals surface area contributed by atoms with Gasteiger partial charge in [0.2, 0.25) is 0 Å². The highest BCUT2D eigenvalue weighted by Crippen LogP contribution is 2.09. The van der Waals surface area contributed by atoms with Crippen LogP contribution in [0.5, 0.6) is 0 Å². The smallest absolute Gasteiger partial charge is 0.287 e. The summed E-state index contributed by atoms with van der Waals surface area (Å²) in [7, 11) is 0. The number of fused-ring (bicyclic) bond motifs is 1. The molecule has 4 heterocycles. The summed E-state index contributed by atoms with van der Waals surface area (Å²) in [5.41, 5.74) is 1.67. The standard InChI is InChI=1S/C20H18N4O3/c25-19-6-2-4-12-24(19)14-16-7-8-17(27-16)20(26)21-10-9-15-13-23-11-3-1-5-18(23)22-15/h1-8,11-13H,9-10,14H2,(H,21,26). The van der Waals surface area contributed by atoms with Gasteiger partial charge in [-0.1, -0.05) is 12.1 Å². The molecule has 4 rings (SSSR count). The van der Waals surface area contributed by atoms with E-state index in [1.165, 1.54) is 10.6 Å². The van der Waals surface area contributed by atoms with Crippen molar-refractivity contribution in [2.45, 2.75) is 13.0 Å². The van der Waals surface area contributed by atoms with Crippen molar-refractivity contribution >= 4 is 11.6 Å². The molecule has 0 spiro atoms. The first-order chi connectivity index (χ1) is 13.2. The lowest BCUT2D eigenvalue weighted by Gasteiger charge is -2.03. The molecule has 27 heavy (non-hydrogen) atoms. The Morgan fingerprint density at radius 2 is 1.93 bits per heavy atom. The second-order valence-electron chi connectivity index (χ2n) is 6.14. The van der Waals surface area contributed by atoms with E-state index in [1.807, 2.05) is 35.0 Å². The number of furan rings is 1. The van der Waals surface area contributed by atoms with E-state index in [1.54, 1.807) is 30.5 Å². The molecule has 0 saturated carbocycles. The number of carbonyl (C=O) groups is 1. The van der Waals surface area contributed by atoms with Crippen LogP contribution < -0.4 is 10.9 Å². The molecule has 0 unspecified atom stereocenters. The summed E-state index contributed by atoms with van der Waals surface area (Å²) in [6.07, 6.45) is 6.19. The second-order valence-corrected chi connectivity index (χ2v) is 6.14. The van der Waals surface area contributed by atoms with Crippen LogP contribution in [0.15, 0.2) is 76.3 Å². The largest absolute Gasteiger partial charge is 0.454 e. The summed E-state index contributed by atoms with van der Waals surface area (Å²) in [5, 5.41) is 2.83. The zero-order valence-corrected chi connectivity index (χ0v) is 14.5. The maximum absolute atomic E-state index is 12.2. The molecule has 0 aromatic carbocycles. The van der Waals surface area contributed by atoms with Gasteiger partial charge in [0.15, 0.2) is 5.76 Å². The molecule has 0 aliphatic rings. The van der Waals surface area contributed by atoms with Gasteiger partial charge in [-0.25, -0.2) is 4.98 Å². The third kappa shape index (κ3) is 3.82. The predicted molar refractivity (Wildman–Crippen MR) is 99.7 cm³/mol. The Hall–Kier alpha value is -3.61. The number of rotatable bonds is 6. The van der Waals surface area contributed by atoms with E-state index in [-0.39, 0.29) is 23.8 Å². The maximum Gasteiger partial charge on any atom is 0.287 e. The minimum absolute atomic E-state index is 0.118. The number of carbonyl (C=O) groups excluding carboxylic acids is 1. The first kappa shape index (κ1) is 16.8. The van der Waals surface area contributed by atoms with E-state index >= 15 is 0 Å². The van der Waals surface area contributed by atoms with Crippen molar-refractivity contribution in [1.29, 1.82) is 0 Å². The summed E-state index contributed by atoms with van der Waals surface area (Å²) >= 11 is 0. The van der Waals surface area contributed by atoms with Crippen molar-refractivity contribution in [1.82, 2.24) is 19.3 Å². The highest BCUT2D eigenvalue weighted by atomic mass is 16.4. The van der Waals surface area contributed by atoms with Crippen molar-refractivity contribution in [2.75, 3.05) is 6.54 Å². The first-order valence-corrected chi connectivity index (χ1v) is 8.64. The van der Waals surface area contributed by atoms with Crippen LogP contribution in [0.4, 0.5) is 0 Å². The van der Waals surface area contributed by atoms with Gasteiger partial charge < -0.3 is 18.7 Å². The molecule has 7 heteroatoms. The Balaban J connectivity index is 1.34. The van der Waals surface area contributed by atoms with Gasteiger partial charge in [0.05, 0.1) is 12.2 Å². The van der Waals surface area contributed by atoms with E-state index in [0.29, 0.717) is 18.7 Å². The van der Waals surface area contributed by atoms with Gasteiger partial charge in [0.1, 0.15) is 11.4 Å². The van der Waals surface area contributed by atoms with Gasteiger partial charge in [-0.3, -0.25) is 9.59 Å². The van der Waals surface area contributed by atoms with Crippen molar-refractivity contribution in [3.63, 3.8) is 0 Å². The summed E-state index contributed by atoms with van der Waals surface area (Å²) in [6, 6.07) is 14.1. The van der Waals surface area contributed by atoms with E-state index in [9.17, 15) is 9.59 Å². The van der Waals surface area contributed by atoms with Crippen LogP contribution in [0.2, 0.25) is 0 Å². The lowest BCUT2D eigenvalue weighted by molar-refractivity contribution is 0.0924. The quantitative estimate of drug-likeness (QED) is 0.570. The van der Waals surface area contributed by atoms with Gasteiger partial charge in [0, 0.05) is 37.6 Å². The van der Waals surface area contributed by atoms with Gasteiger partial charge >= 0.3 is 0 Å². The molecule has 0 atom stereocenters. The Labute approximate surface area is 154 Å². The van der Waals surface area contributed by atoms with Crippen LogP contribution in [-0.4, -0.2) is 26.4 Å². The van der Waals surface area contributed by atoms with Crippen LogP contribution in [0.25, 0.3) is 5.65 Å². The fraction of sp³-hybridized carbons (Fsp3) is 0.150. The molecule has 1 amide bonds. The average Bonchev–Trinajstić information content (AvgIpc) is 3.30. The Morgan fingerprint density at radius 1 is 1.07 bits per heavy atom. The predicted octanol–water partition coefficient (Wildman–Crippen LogP) is 2.11. The summed E-state index contributed by atoms with van der Waals surface area (Å²) in [5.74, 6) is 0.489. The molecule has 4 aromatic heterocycles. The highest BCUT2D eigenvalue weighted by molar-refractivity contribution is 5.91. The lowest BCUT2D eigenvalue weighted by Crippen LogP contribution is -2.25. The van der Waals surface area contributed by atoms with Crippen LogP contribution in [0, 0.1) is 0 Å². The molecule has 136 valence electrons. The average molecular weight is 362 g/mol. The maximum atomic E-state index is 12.2. The Bertz CT molecular complexity index is 1110. The van der Waals surface area contributed by atoms with Crippen molar-refractivity contribution in [2.24, 2.45) is 0 Å². The first-order valence-electron chi connectivity index (χ1n) is 8.64. The summed E-state index contributed by atoms with van der Waals surface area (Å²) in [4.78, 5) is 28.5. The molecule has 0 aliphatic heterocycles. The number of imidazole rings is 1. The van der Waals surface area contributed by atoms with Crippen LogP contribution in [0.3, 0.4) is 0 Å². The number of hydrogen-bond donors (Lipinski definition) is 1. The van der Waals surface area contributed by atoms with Crippen molar-refractivity contribution in [3.05, 3.63) is 94.7 Å². The second kappa shape index (κ2) is 7.33. The topological polar surface area (TPSA) is 81.5 Å². The molecule has 7 nitrogen and oxygen atoms in total. The lowest BCUT2D eigenvalue weighted by atomic mass is 10.3. The van der Waals surface area contributed by atoms with Gasteiger partial charge in [-0.2, -0.15) is 0 Å². The van der Waals surface area contributed by atoms with Crippen LogP contribution in [-0.2, 0) is 13.0 Å². The molecule has 0 aliphatic carbocycles. The minimum Gasteiger partial charge on any atom is -0.454 e. The summed E-state index contributed by atoms with van der Waals surface area (Å²) in [6.45, 7) is 0.741. The summed E-state index contributed by atoms with van der Waals surface area (Å²) < 4.78 is 9.03. The molecule has 1 N–H and O–H groups in total. The molecule has 0 radical (unpaired) electrons. The van der Waals surface area contributed by atoms with Gasteiger partial charge in [0.25, 0.3) is 11.5 Å². The third-order valence-electron chi connectivity index (χ3n) is 4.19. The number of hydrogen-bond acceptors (Lipinski definition) is 4. The molecule has 0 bridgehead atoms. The zero-order valence-electron chi connectivity index (χ0n) is 14.5. The van der Waals surface area contributed by atoms with Crippen molar-refractivity contribution < 1.29 is 9.21 Å². The fourth-order valence-electron chi connectivity index (χ4n) is 2.84. The number of nitrogens with zero attached hydrogens (tertiary/aromatic N) is 3. The zero-order chi connectivity index (χ0) is 18.6. The third-order valence-corrected chi connectivity index (χ3v) is 4.19. The number of amides is 1. The molecule has 0 saturated heterocycles. The van der Waals surface area contributed by atoms with E-state index < -0.39 is 0 Å². The fourth-order valence-corrected chi connectivity index (χ4v) is 2.84. The Kier molecular flexibility index (Phi) is 4.57. The number of aromatic nitrogens is 3. The number of nitrogens with one attached hydrogen (secondary N) is 1. The van der Waals surface area contributed by atoms with E-state index in [0.717, 1.165) is 11.3 Å². The van der Waals surface area contributed by atoms with Crippen LogP contribution >= 0.6 is 0 Å². The molecule has 4 aromatic rings. The van der Waals surface area contributed by atoms with Gasteiger partial charge in [-0.05, 0) is 30.3 Å². The Morgan fingerprint density at radius 3 is 2.78 bits per heavy atom. The normalized spacial score (nSPS) is 11.0. The highest BCUT2D eigenvalue weighted by Gasteiger charge is 2.11. The van der Waals surface area contributed by atoms with Crippen molar-refractivity contribution in [3.8, 4) is 0 Å². The SMILES string of the molecule is O=C(NCCc1cn2ccccc2n1)c1ccc(Cn2ccccc2=O)o1. The minimum atomic E-state index is -0.287.